The van der Waals surface area contributed by atoms with Crippen LogP contribution in [0.25, 0.3) is 0 Å². The maximum atomic E-state index is 12.5. The van der Waals surface area contributed by atoms with Gasteiger partial charge in [-0.15, -0.1) is 0 Å². The number of hydrogen-bond acceptors (Lipinski definition) is 5. The van der Waals surface area contributed by atoms with Crippen LogP contribution in [0.2, 0.25) is 0 Å². The highest BCUT2D eigenvalue weighted by atomic mass is 19.4. The van der Waals surface area contributed by atoms with Gasteiger partial charge in [0.2, 0.25) is 0 Å². The Morgan fingerprint density at radius 2 is 1.76 bits per heavy atom. The third-order valence-electron chi connectivity index (χ3n) is 3.21. The standard InChI is InChI=1S/C16H12F3NO5/c1-24-13-7-6-12(20(22)23)9-14(13)25-15(21)8-10-2-4-11(5-3-10)16(17,18)19/h2-7,9H,8H2,1H3. The summed E-state index contributed by atoms with van der Waals surface area (Å²) in [5.74, 6) is -0.821. The molecule has 0 radical (unpaired) electrons. The molecule has 25 heavy (non-hydrogen) atoms. The molecule has 0 amide bonds. The minimum Gasteiger partial charge on any atom is -0.493 e. The lowest BCUT2D eigenvalue weighted by Crippen LogP contribution is -2.12. The summed E-state index contributed by atoms with van der Waals surface area (Å²) in [5, 5.41) is 10.8. The molecule has 0 aliphatic rings. The van der Waals surface area contributed by atoms with Gasteiger partial charge >= 0.3 is 12.1 Å². The van der Waals surface area contributed by atoms with E-state index in [1.165, 1.54) is 19.2 Å². The molecule has 0 unspecified atom stereocenters. The second kappa shape index (κ2) is 7.20. The molecule has 0 atom stereocenters. The lowest BCUT2D eigenvalue weighted by molar-refractivity contribution is -0.384. The summed E-state index contributed by atoms with van der Waals surface area (Å²) >= 11 is 0. The molecule has 0 aromatic heterocycles. The molecule has 0 saturated heterocycles. The van der Waals surface area contributed by atoms with E-state index in [1.807, 2.05) is 0 Å². The van der Waals surface area contributed by atoms with Crippen molar-refractivity contribution in [3.63, 3.8) is 0 Å². The summed E-state index contributed by atoms with van der Waals surface area (Å²) in [7, 11) is 1.30. The average molecular weight is 355 g/mol. The van der Waals surface area contributed by atoms with Crippen LogP contribution in [0.4, 0.5) is 18.9 Å². The quantitative estimate of drug-likeness (QED) is 0.353. The number of carbonyl (C=O) groups excluding carboxylic acids is 1. The lowest BCUT2D eigenvalue weighted by Gasteiger charge is -2.10. The third-order valence-corrected chi connectivity index (χ3v) is 3.21. The molecule has 0 fully saturated rings. The van der Waals surface area contributed by atoms with Gasteiger partial charge in [0.25, 0.3) is 5.69 Å². The number of hydrogen-bond donors (Lipinski definition) is 0. The number of esters is 1. The molecule has 0 aliphatic carbocycles. The second-order valence-electron chi connectivity index (χ2n) is 4.94. The number of non-ortho nitro benzene ring substituents is 1. The van der Waals surface area contributed by atoms with Crippen LogP contribution < -0.4 is 9.47 Å². The number of carbonyl (C=O) groups is 1. The smallest absolute Gasteiger partial charge is 0.416 e. The van der Waals surface area contributed by atoms with Gasteiger partial charge in [-0.05, 0) is 23.8 Å². The van der Waals surface area contributed by atoms with Crippen molar-refractivity contribution < 1.29 is 32.4 Å². The maximum Gasteiger partial charge on any atom is 0.416 e. The van der Waals surface area contributed by atoms with Crippen LogP contribution in [0.15, 0.2) is 42.5 Å². The molecule has 2 aromatic carbocycles. The Labute approximate surface area is 139 Å². The van der Waals surface area contributed by atoms with E-state index >= 15 is 0 Å². The van der Waals surface area contributed by atoms with E-state index in [9.17, 15) is 28.1 Å². The molecular weight excluding hydrogens is 343 g/mol. The number of nitrogens with zero attached hydrogens (tertiary/aromatic N) is 1. The van der Waals surface area contributed by atoms with Crippen molar-refractivity contribution in [2.45, 2.75) is 12.6 Å². The molecule has 132 valence electrons. The largest absolute Gasteiger partial charge is 0.493 e. The SMILES string of the molecule is COc1ccc([N+](=O)[O-])cc1OC(=O)Cc1ccc(C(F)(F)F)cc1. The van der Waals surface area contributed by atoms with Crippen molar-refractivity contribution in [1.82, 2.24) is 0 Å². The Bertz CT molecular complexity index is 787. The van der Waals surface area contributed by atoms with Crippen LogP contribution in [-0.4, -0.2) is 18.0 Å². The van der Waals surface area contributed by atoms with Crippen molar-refractivity contribution in [2.75, 3.05) is 7.11 Å². The zero-order chi connectivity index (χ0) is 18.6. The Morgan fingerprint density at radius 3 is 2.28 bits per heavy atom. The van der Waals surface area contributed by atoms with Crippen molar-refractivity contribution in [3.05, 3.63) is 63.7 Å². The molecule has 0 N–H and O–H groups in total. The Kier molecular flexibility index (Phi) is 5.26. The highest BCUT2D eigenvalue weighted by Crippen LogP contribution is 2.32. The van der Waals surface area contributed by atoms with Gasteiger partial charge in [0.1, 0.15) is 0 Å². The normalized spacial score (nSPS) is 11.0. The molecule has 0 heterocycles. The Morgan fingerprint density at radius 1 is 1.12 bits per heavy atom. The number of alkyl halides is 3. The zero-order valence-electron chi connectivity index (χ0n) is 12.9. The van der Waals surface area contributed by atoms with E-state index in [0.29, 0.717) is 5.56 Å². The lowest BCUT2D eigenvalue weighted by atomic mass is 10.1. The van der Waals surface area contributed by atoms with Gasteiger partial charge in [0.15, 0.2) is 11.5 Å². The summed E-state index contributed by atoms with van der Waals surface area (Å²) in [5.41, 5.74) is -0.814. The average Bonchev–Trinajstić information content (AvgIpc) is 2.54. The fourth-order valence-electron chi connectivity index (χ4n) is 2.00. The fraction of sp³-hybridized carbons (Fsp3) is 0.188. The number of rotatable bonds is 5. The van der Waals surface area contributed by atoms with Gasteiger partial charge in [0.05, 0.1) is 30.1 Å². The van der Waals surface area contributed by atoms with Gasteiger partial charge < -0.3 is 9.47 Å². The third kappa shape index (κ3) is 4.69. The number of nitro groups is 1. The molecule has 0 saturated carbocycles. The number of benzene rings is 2. The molecule has 0 bridgehead atoms. The highest BCUT2D eigenvalue weighted by molar-refractivity contribution is 5.76. The van der Waals surface area contributed by atoms with Crippen LogP contribution in [-0.2, 0) is 17.4 Å². The van der Waals surface area contributed by atoms with Crippen LogP contribution in [0.1, 0.15) is 11.1 Å². The van der Waals surface area contributed by atoms with E-state index in [0.717, 1.165) is 30.3 Å². The van der Waals surface area contributed by atoms with Gasteiger partial charge in [-0.2, -0.15) is 13.2 Å². The van der Waals surface area contributed by atoms with Crippen molar-refractivity contribution in [3.8, 4) is 11.5 Å². The Balaban J connectivity index is 2.12. The monoisotopic (exact) mass is 355 g/mol. The fourth-order valence-corrected chi connectivity index (χ4v) is 2.00. The first-order valence-corrected chi connectivity index (χ1v) is 6.90. The van der Waals surface area contributed by atoms with E-state index in [-0.39, 0.29) is 23.6 Å². The first-order chi connectivity index (χ1) is 11.7. The summed E-state index contributed by atoms with van der Waals surface area (Å²) in [6, 6.07) is 7.53. The Hall–Kier alpha value is -3.10. The van der Waals surface area contributed by atoms with Crippen LogP contribution >= 0.6 is 0 Å². The molecule has 2 rings (SSSR count). The minimum absolute atomic E-state index is 0.117. The number of halogens is 3. The number of methoxy groups -OCH3 is 1. The summed E-state index contributed by atoms with van der Waals surface area (Å²) < 4.78 is 47.5. The van der Waals surface area contributed by atoms with Crippen LogP contribution in [0.3, 0.4) is 0 Å². The van der Waals surface area contributed by atoms with Gasteiger partial charge in [-0.25, -0.2) is 0 Å². The van der Waals surface area contributed by atoms with Crippen molar-refractivity contribution in [1.29, 1.82) is 0 Å². The summed E-state index contributed by atoms with van der Waals surface area (Å²) in [6.45, 7) is 0. The molecule has 6 nitrogen and oxygen atoms in total. The predicted molar refractivity (Wildman–Crippen MR) is 80.4 cm³/mol. The number of nitro benzene ring substituents is 1. The van der Waals surface area contributed by atoms with Crippen molar-refractivity contribution in [2.24, 2.45) is 0 Å². The number of ether oxygens (including phenoxy) is 2. The first-order valence-electron chi connectivity index (χ1n) is 6.90. The van der Waals surface area contributed by atoms with E-state index in [1.54, 1.807) is 0 Å². The summed E-state index contributed by atoms with van der Waals surface area (Å²) in [6.07, 6.45) is -4.76. The van der Waals surface area contributed by atoms with Gasteiger partial charge in [-0.3, -0.25) is 14.9 Å². The molecule has 2 aromatic rings. The summed E-state index contributed by atoms with van der Waals surface area (Å²) in [4.78, 5) is 22.1. The van der Waals surface area contributed by atoms with Gasteiger partial charge in [-0.1, -0.05) is 12.1 Å². The first kappa shape index (κ1) is 18.2. The molecule has 9 heteroatoms. The topological polar surface area (TPSA) is 78.7 Å². The van der Waals surface area contributed by atoms with E-state index in [4.69, 9.17) is 9.47 Å². The van der Waals surface area contributed by atoms with Crippen LogP contribution in [0.5, 0.6) is 11.5 Å². The maximum absolute atomic E-state index is 12.5. The van der Waals surface area contributed by atoms with Crippen LogP contribution in [0, 0.1) is 10.1 Å². The molecular formula is C16H12F3NO5. The van der Waals surface area contributed by atoms with E-state index < -0.39 is 22.6 Å². The minimum atomic E-state index is -4.46. The zero-order valence-corrected chi connectivity index (χ0v) is 12.9. The predicted octanol–water partition coefficient (Wildman–Crippen LogP) is 3.77. The highest BCUT2D eigenvalue weighted by Gasteiger charge is 2.30. The molecule has 0 aliphatic heterocycles. The second-order valence-corrected chi connectivity index (χ2v) is 4.94. The molecule has 0 spiro atoms. The van der Waals surface area contributed by atoms with E-state index in [2.05, 4.69) is 0 Å². The van der Waals surface area contributed by atoms with Crippen molar-refractivity contribution >= 4 is 11.7 Å². The van der Waals surface area contributed by atoms with Gasteiger partial charge in [0, 0.05) is 6.07 Å².